The van der Waals surface area contributed by atoms with Gasteiger partial charge in [0.25, 0.3) is 0 Å². The number of hydrogen-bond donors (Lipinski definition) is 2. The third-order valence-corrected chi connectivity index (χ3v) is 7.54. The van der Waals surface area contributed by atoms with Crippen LogP contribution >= 0.6 is 0 Å². The molecule has 0 aromatic heterocycles. The lowest BCUT2D eigenvalue weighted by Crippen LogP contribution is -2.47. The molecule has 0 saturated carbocycles. The van der Waals surface area contributed by atoms with E-state index in [0.717, 1.165) is 56.3 Å². The van der Waals surface area contributed by atoms with Crippen molar-refractivity contribution in [2.45, 2.75) is 63.7 Å². The molecule has 0 bridgehead atoms. The summed E-state index contributed by atoms with van der Waals surface area (Å²) in [7, 11) is 0. The average Bonchev–Trinajstić information content (AvgIpc) is 2.89. The van der Waals surface area contributed by atoms with Gasteiger partial charge in [0.2, 0.25) is 0 Å². The predicted molar refractivity (Wildman–Crippen MR) is 140 cm³/mol. The van der Waals surface area contributed by atoms with Crippen LogP contribution in [0.4, 0.5) is 0 Å². The van der Waals surface area contributed by atoms with Crippen molar-refractivity contribution in [1.82, 2.24) is 4.90 Å². The Morgan fingerprint density at radius 2 is 1.35 bits per heavy atom. The van der Waals surface area contributed by atoms with Gasteiger partial charge in [-0.25, -0.2) is 0 Å². The van der Waals surface area contributed by atoms with Crippen LogP contribution in [-0.4, -0.2) is 34.4 Å². The van der Waals surface area contributed by atoms with Crippen LogP contribution in [0.25, 0.3) is 0 Å². The Balaban J connectivity index is 1.34. The molecule has 1 aliphatic heterocycles. The smallest absolute Gasteiger partial charge is 0.117 e. The number of rotatable bonds is 9. The molecule has 180 valence electrons. The summed E-state index contributed by atoms with van der Waals surface area (Å²) in [5, 5.41) is 22.9. The maximum atomic E-state index is 12.0. The largest absolute Gasteiger partial charge is 0.380 e. The molecule has 0 spiro atoms. The summed E-state index contributed by atoms with van der Waals surface area (Å²) in [6.07, 6.45) is 4.03. The van der Waals surface area contributed by atoms with Crippen molar-refractivity contribution in [2.24, 2.45) is 5.92 Å². The van der Waals surface area contributed by atoms with Crippen molar-refractivity contribution < 1.29 is 10.2 Å². The first-order valence-electron chi connectivity index (χ1n) is 12.8. The summed E-state index contributed by atoms with van der Waals surface area (Å²) >= 11 is 0. The van der Waals surface area contributed by atoms with E-state index in [2.05, 4.69) is 43.0 Å². The number of benzene rings is 3. The van der Waals surface area contributed by atoms with Gasteiger partial charge in [-0.15, -0.1) is 0 Å². The fourth-order valence-corrected chi connectivity index (χ4v) is 5.38. The first-order chi connectivity index (χ1) is 16.5. The van der Waals surface area contributed by atoms with Crippen molar-refractivity contribution in [3.8, 4) is 0 Å². The van der Waals surface area contributed by atoms with E-state index in [1.165, 1.54) is 11.1 Å². The summed E-state index contributed by atoms with van der Waals surface area (Å²) in [6, 6.07) is 29.0. The fraction of sp³-hybridized carbons (Fsp3) is 0.419. The highest BCUT2D eigenvalue weighted by molar-refractivity contribution is 5.37. The number of nitrogens with zero attached hydrogens (tertiary/aromatic N) is 1. The Morgan fingerprint density at radius 3 is 1.85 bits per heavy atom. The maximum absolute atomic E-state index is 12.0. The number of aryl methyl sites for hydroxylation is 1. The Kier molecular flexibility index (Phi) is 8.20. The molecule has 3 heteroatoms. The van der Waals surface area contributed by atoms with E-state index in [1.807, 2.05) is 60.7 Å². The topological polar surface area (TPSA) is 43.7 Å². The van der Waals surface area contributed by atoms with Gasteiger partial charge in [0.05, 0.1) is 0 Å². The molecule has 1 aliphatic rings. The zero-order valence-electron chi connectivity index (χ0n) is 20.6. The summed E-state index contributed by atoms with van der Waals surface area (Å²) in [4.78, 5) is 2.19. The number of likely N-dealkylation sites (tertiary alicyclic amines) is 1. The van der Waals surface area contributed by atoms with Crippen LogP contribution in [0.15, 0.2) is 84.9 Å². The average molecular weight is 458 g/mol. The third-order valence-electron chi connectivity index (χ3n) is 7.54. The quantitative estimate of drug-likeness (QED) is 0.408. The molecule has 0 radical (unpaired) electrons. The first-order valence-corrected chi connectivity index (χ1v) is 12.8. The molecule has 0 amide bonds. The van der Waals surface area contributed by atoms with Gasteiger partial charge in [0.15, 0.2) is 0 Å². The van der Waals surface area contributed by atoms with Crippen LogP contribution in [-0.2, 0) is 12.0 Å². The first kappa shape index (κ1) is 24.7. The van der Waals surface area contributed by atoms with Crippen molar-refractivity contribution in [3.63, 3.8) is 0 Å². The number of aliphatic hydroxyl groups is 2. The summed E-state index contributed by atoms with van der Waals surface area (Å²) in [5.41, 5.74) is 3.60. The Hall–Kier alpha value is -2.46. The Bertz CT molecular complexity index is 953. The van der Waals surface area contributed by atoms with E-state index in [9.17, 15) is 10.2 Å². The second kappa shape index (κ2) is 11.3. The maximum Gasteiger partial charge on any atom is 0.117 e. The highest BCUT2D eigenvalue weighted by Gasteiger charge is 2.42. The minimum absolute atomic E-state index is 0.111. The van der Waals surface area contributed by atoms with E-state index >= 15 is 0 Å². The second-order valence-corrected chi connectivity index (χ2v) is 10.1. The minimum atomic E-state index is -1.01. The Morgan fingerprint density at radius 1 is 0.824 bits per heavy atom. The van der Waals surface area contributed by atoms with E-state index in [1.54, 1.807) is 0 Å². The zero-order chi connectivity index (χ0) is 24.0. The van der Waals surface area contributed by atoms with Gasteiger partial charge < -0.3 is 10.2 Å². The third kappa shape index (κ3) is 5.60. The molecular formula is C31H39NO2. The van der Waals surface area contributed by atoms with Crippen LogP contribution in [0.5, 0.6) is 0 Å². The van der Waals surface area contributed by atoms with Crippen LogP contribution in [0.2, 0.25) is 0 Å². The molecule has 34 heavy (non-hydrogen) atoms. The predicted octanol–water partition coefficient (Wildman–Crippen LogP) is 6.10. The SMILES string of the molecule is CC(C)c1ccc(CCCC(O)N2CCC(C(O)(c3ccccc3)c3ccccc3)CC2)cc1. The molecule has 4 rings (SSSR count). The zero-order valence-corrected chi connectivity index (χ0v) is 20.6. The summed E-state index contributed by atoms with van der Waals surface area (Å²) in [5.74, 6) is 0.667. The molecule has 3 nitrogen and oxygen atoms in total. The fourth-order valence-electron chi connectivity index (χ4n) is 5.38. The van der Waals surface area contributed by atoms with Crippen LogP contribution in [0.1, 0.15) is 67.7 Å². The standard InChI is InChI=1S/C31H39NO2/c1-24(2)26-18-16-25(17-19-26)10-9-15-30(33)32-22-20-29(21-23-32)31(34,27-11-5-3-6-12-27)28-13-7-4-8-14-28/h3-8,11-14,16-19,24,29-30,33-34H,9-10,15,20-23H2,1-2H3. The lowest BCUT2D eigenvalue weighted by Gasteiger charge is -2.43. The van der Waals surface area contributed by atoms with E-state index < -0.39 is 11.8 Å². The minimum Gasteiger partial charge on any atom is -0.380 e. The van der Waals surface area contributed by atoms with Crippen molar-refractivity contribution in [1.29, 1.82) is 0 Å². The monoisotopic (exact) mass is 457 g/mol. The normalized spacial score (nSPS) is 16.6. The molecule has 2 N–H and O–H groups in total. The molecule has 3 aromatic carbocycles. The van der Waals surface area contributed by atoms with E-state index in [-0.39, 0.29) is 5.92 Å². The number of aliphatic hydroxyl groups excluding tert-OH is 1. The molecule has 1 heterocycles. The van der Waals surface area contributed by atoms with E-state index in [0.29, 0.717) is 5.92 Å². The molecule has 1 unspecified atom stereocenters. The molecule has 1 atom stereocenters. The highest BCUT2D eigenvalue weighted by Crippen LogP contribution is 2.42. The molecule has 3 aromatic rings. The second-order valence-electron chi connectivity index (χ2n) is 10.1. The van der Waals surface area contributed by atoms with Gasteiger partial charge in [-0.2, -0.15) is 0 Å². The summed E-state index contributed by atoms with van der Waals surface area (Å²) < 4.78 is 0. The van der Waals surface area contributed by atoms with E-state index in [4.69, 9.17) is 0 Å². The Labute approximate surface area is 205 Å². The van der Waals surface area contributed by atoms with Gasteiger partial charge in [0, 0.05) is 13.1 Å². The van der Waals surface area contributed by atoms with Crippen molar-refractivity contribution in [3.05, 3.63) is 107 Å². The summed E-state index contributed by atoms with van der Waals surface area (Å²) in [6.45, 7) is 6.04. The number of piperidine rings is 1. The number of hydrogen-bond acceptors (Lipinski definition) is 3. The van der Waals surface area contributed by atoms with Gasteiger partial charge in [-0.1, -0.05) is 98.8 Å². The van der Waals surface area contributed by atoms with Gasteiger partial charge >= 0.3 is 0 Å². The van der Waals surface area contributed by atoms with Gasteiger partial charge in [-0.05, 0) is 66.2 Å². The molecule has 1 fully saturated rings. The lowest BCUT2D eigenvalue weighted by atomic mass is 9.72. The van der Waals surface area contributed by atoms with Gasteiger partial charge in [0.1, 0.15) is 11.8 Å². The molecule has 1 saturated heterocycles. The molecule has 0 aliphatic carbocycles. The van der Waals surface area contributed by atoms with Crippen LogP contribution < -0.4 is 0 Å². The highest BCUT2D eigenvalue weighted by atomic mass is 16.3. The lowest BCUT2D eigenvalue weighted by molar-refractivity contribution is -0.0606. The van der Waals surface area contributed by atoms with Gasteiger partial charge in [-0.3, -0.25) is 4.90 Å². The van der Waals surface area contributed by atoms with Crippen molar-refractivity contribution >= 4 is 0 Å². The van der Waals surface area contributed by atoms with Crippen LogP contribution in [0.3, 0.4) is 0 Å². The van der Waals surface area contributed by atoms with Crippen LogP contribution in [0, 0.1) is 5.92 Å². The van der Waals surface area contributed by atoms with Crippen molar-refractivity contribution in [2.75, 3.05) is 13.1 Å². The molecular weight excluding hydrogens is 418 g/mol.